The van der Waals surface area contributed by atoms with Crippen molar-refractivity contribution in [1.29, 1.82) is 0 Å². The average molecular weight is 289 g/mol. The lowest BCUT2D eigenvalue weighted by Crippen LogP contribution is -2.21. The molecule has 21 heavy (non-hydrogen) atoms. The summed E-state index contributed by atoms with van der Waals surface area (Å²) in [5.41, 5.74) is 1.32. The summed E-state index contributed by atoms with van der Waals surface area (Å²) in [7, 11) is 1.99. The SMILES string of the molecule is CCc1nnc(COc2ccc(CCC(C)NC)cc2)o1. The molecule has 0 radical (unpaired) electrons. The van der Waals surface area contributed by atoms with Crippen molar-refractivity contribution in [2.75, 3.05) is 7.05 Å². The zero-order valence-corrected chi connectivity index (χ0v) is 12.9. The average Bonchev–Trinajstić information content (AvgIpc) is 2.99. The van der Waals surface area contributed by atoms with Crippen LogP contribution in [0.5, 0.6) is 5.75 Å². The molecule has 1 atom stereocenters. The van der Waals surface area contributed by atoms with E-state index in [-0.39, 0.29) is 0 Å². The Bertz CT molecular complexity index is 537. The van der Waals surface area contributed by atoms with E-state index in [4.69, 9.17) is 9.15 Å². The van der Waals surface area contributed by atoms with Crippen molar-refractivity contribution in [3.63, 3.8) is 0 Å². The van der Waals surface area contributed by atoms with Crippen LogP contribution < -0.4 is 10.1 Å². The second kappa shape index (κ2) is 7.78. The number of aromatic nitrogens is 2. The molecular weight excluding hydrogens is 266 g/mol. The van der Waals surface area contributed by atoms with Crippen molar-refractivity contribution in [3.8, 4) is 5.75 Å². The van der Waals surface area contributed by atoms with Crippen molar-refractivity contribution in [2.45, 2.75) is 45.8 Å². The Morgan fingerprint density at radius 2 is 1.90 bits per heavy atom. The summed E-state index contributed by atoms with van der Waals surface area (Å²) in [5.74, 6) is 1.97. The Morgan fingerprint density at radius 3 is 2.52 bits per heavy atom. The number of ether oxygens (including phenoxy) is 1. The number of nitrogens with zero attached hydrogens (tertiary/aromatic N) is 2. The van der Waals surface area contributed by atoms with Gasteiger partial charge in [-0.05, 0) is 44.5 Å². The Balaban J connectivity index is 1.81. The van der Waals surface area contributed by atoms with E-state index in [1.54, 1.807) is 0 Å². The van der Waals surface area contributed by atoms with Crippen LogP contribution in [-0.4, -0.2) is 23.3 Å². The minimum absolute atomic E-state index is 0.309. The van der Waals surface area contributed by atoms with E-state index >= 15 is 0 Å². The molecule has 5 nitrogen and oxygen atoms in total. The van der Waals surface area contributed by atoms with Gasteiger partial charge in [0.1, 0.15) is 5.75 Å². The van der Waals surface area contributed by atoms with Crippen LogP contribution in [0, 0.1) is 0 Å². The second-order valence-electron chi connectivity index (χ2n) is 5.10. The zero-order valence-electron chi connectivity index (χ0n) is 12.9. The van der Waals surface area contributed by atoms with Crippen LogP contribution in [0.15, 0.2) is 28.7 Å². The summed E-state index contributed by atoms with van der Waals surface area (Å²) in [4.78, 5) is 0. The van der Waals surface area contributed by atoms with Crippen LogP contribution in [-0.2, 0) is 19.4 Å². The molecule has 0 amide bonds. The maximum absolute atomic E-state index is 5.64. The molecule has 2 aromatic rings. The van der Waals surface area contributed by atoms with E-state index < -0.39 is 0 Å². The van der Waals surface area contributed by atoms with Crippen LogP contribution in [0.1, 0.15) is 37.6 Å². The predicted octanol–water partition coefficient (Wildman–Crippen LogP) is 2.75. The summed E-state index contributed by atoms with van der Waals surface area (Å²) in [6, 6.07) is 8.70. The minimum Gasteiger partial charge on any atom is -0.484 e. The van der Waals surface area contributed by atoms with Crippen molar-refractivity contribution < 1.29 is 9.15 Å². The number of hydrogen-bond acceptors (Lipinski definition) is 5. The highest BCUT2D eigenvalue weighted by Crippen LogP contribution is 2.15. The highest BCUT2D eigenvalue weighted by atomic mass is 16.5. The standard InChI is InChI=1S/C16H23N3O2/c1-4-15-18-19-16(21-15)11-20-14-9-7-13(8-10-14)6-5-12(2)17-3/h7-10,12,17H,4-6,11H2,1-3H3. The van der Waals surface area contributed by atoms with E-state index in [2.05, 4.69) is 34.6 Å². The Kier molecular flexibility index (Phi) is 5.75. The van der Waals surface area contributed by atoms with Gasteiger partial charge in [0, 0.05) is 12.5 Å². The molecule has 5 heteroatoms. The van der Waals surface area contributed by atoms with Crippen LogP contribution in [0.4, 0.5) is 0 Å². The summed E-state index contributed by atoms with van der Waals surface area (Å²) in [5, 5.41) is 11.1. The molecule has 0 aliphatic carbocycles. The van der Waals surface area contributed by atoms with Gasteiger partial charge in [0.15, 0.2) is 6.61 Å². The third kappa shape index (κ3) is 4.86. The molecule has 2 rings (SSSR count). The first-order valence-corrected chi connectivity index (χ1v) is 7.41. The summed E-state index contributed by atoms with van der Waals surface area (Å²) < 4.78 is 11.0. The summed E-state index contributed by atoms with van der Waals surface area (Å²) in [6.45, 7) is 4.47. The van der Waals surface area contributed by atoms with Gasteiger partial charge in [-0.1, -0.05) is 19.1 Å². The summed E-state index contributed by atoms with van der Waals surface area (Å²) >= 11 is 0. The van der Waals surface area contributed by atoms with Crippen molar-refractivity contribution in [2.24, 2.45) is 0 Å². The minimum atomic E-state index is 0.309. The van der Waals surface area contributed by atoms with Crippen LogP contribution in [0.3, 0.4) is 0 Å². The van der Waals surface area contributed by atoms with Gasteiger partial charge in [0.25, 0.3) is 5.89 Å². The molecule has 0 aliphatic rings. The van der Waals surface area contributed by atoms with Gasteiger partial charge >= 0.3 is 0 Å². The maximum atomic E-state index is 5.64. The number of benzene rings is 1. The predicted molar refractivity (Wildman–Crippen MR) is 81.3 cm³/mol. The molecule has 0 saturated carbocycles. The molecule has 0 bridgehead atoms. The van der Waals surface area contributed by atoms with Gasteiger partial charge in [-0.3, -0.25) is 0 Å². The molecule has 0 spiro atoms. The van der Waals surface area contributed by atoms with Gasteiger partial charge in [-0.2, -0.15) is 0 Å². The molecular formula is C16H23N3O2. The normalized spacial score (nSPS) is 12.3. The highest BCUT2D eigenvalue weighted by Gasteiger charge is 2.05. The Labute approximate surface area is 125 Å². The van der Waals surface area contributed by atoms with Gasteiger partial charge in [-0.25, -0.2) is 0 Å². The fourth-order valence-corrected chi connectivity index (χ4v) is 1.91. The van der Waals surface area contributed by atoms with Crippen molar-refractivity contribution >= 4 is 0 Å². The first-order chi connectivity index (χ1) is 10.2. The maximum Gasteiger partial charge on any atom is 0.253 e. The molecule has 114 valence electrons. The monoisotopic (exact) mass is 289 g/mol. The highest BCUT2D eigenvalue weighted by molar-refractivity contribution is 5.27. The summed E-state index contributed by atoms with van der Waals surface area (Å²) in [6.07, 6.45) is 2.93. The van der Waals surface area contributed by atoms with Crippen LogP contribution in [0.25, 0.3) is 0 Å². The first-order valence-electron chi connectivity index (χ1n) is 7.41. The first kappa shape index (κ1) is 15.5. The fraction of sp³-hybridized carbons (Fsp3) is 0.500. The van der Waals surface area contributed by atoms with Gasteiger partial charge in [-0.15, -0.1) is 10.2 Å². The second-order valence-corrected chi connectivity index (χ2v) is 5.10. The lowest BCUT2D eigenvalue weighted by Gasteiger charge is -2.10. The van der Waals surface area contributed by atoms with E-state index in [1.165, 1.54) is 5.56 Å². The molecule has 1 N–H and O–H groups in total. The lowest BCUT2D eigenvalue weighted by atomic mass is 10.1. The zero-order chi connectivity index (χ0) is 15.1. The lowest BCUT2D eigenvalue weighted by molar-refractivity contribution is 0.259. The Hall–Kier alpha value is -1.88. The molecule has 1 aromatic heterocycles. The van der Waals surface area contributed by atoms with E-state index in [9.17, 15) is 0 Å². The van der Waals surface area contributed by atoms with Gasteiger partial charge in [0.2, 0.25) is 5.89 Å². The molecule has 0 fully saturated rings. The third-order valence-corrected chi connectivity index (χ3v) is 3.46. The number of hydrogen-bond donors (Lipinski definition) is 1. The van der Waals surface area contributed by atoms with Gasteiger partial charge in [0.05, 0.1) is 0 Å². The fourth-order valence-electron chi connectivity index (χ4n) is 1.91. The van der Waals surface area contributed by atoms with Gasteiger partial charge < -0.3 is 14.5 Å². The number of nitrogens with one attached hydrogen (secondary N) is 1. The largest absolute Gasteiger partial charge is 0.484 e. The third-order valence-electron chi connectivity index (χ3n) is 3.46. The Morgan fingerprint density at radius 1 is 1.19 bits per heavy atom. The van der Waals surface area contributed by atoms with Crippen LogP contribution >= 0.6 is 0 Å². The van der Waals surface area contributed by atoms with Crippen LogP contribution in [0.2, 0.25) is 0 Å². The molecule has 1 heterocycles. The molecule has 0 saturated heterocycles. The molecule has 1 aromatic carbocycles. The number of rotatable bonds is 8. The van der Waals surface area contributed by atoms with Crippen molar-refractivity contribution in [3.05, 3.63) is 41.6 Å². The van der Waals surface area contributed by atoms with Crippen molar-refractivity contribution in [1.82, 2.24) is 15.5 Å². The number of aryl methyl sites for hydroxylation is 2. The van der Waals surface area contributed by atoms with E-state index in [1.807, 2.05) is 26.1 Å². The van der Waals surface area contributed by atoms with E-state index in [0.29, 0.717) is 24.4 Å². The van der Waals surface area contributed by atoms with E-state index in [0.717, 1.165) is 25.0 Å². The smallest absolute Gasteiger partial charge is 0.253 e. The quantitative estimate of drug-likeness (QED) is 0.809. The molecule has 1 unspecified atom stereocenters. The molecule has 0 aliphatic heterocycles. The topological polar surface area (TPSA) is 60.2 Å².